The molecule has 0 saturated heterocycles. The Morgan fingerprint density at radius 1 is 0.818 bits per heavy atom. The maximum absolute atomic E-state index is 11.4. The van der Waals surface area contributed by atoms with Crippen LogP contribution in [0.1, 0.15) is 33.2 Å². The number of aryl methyl sites for hydroxylation is 1. The van der Waals surface area contributed by atoms with Crippen molar-refractivity contribution in [1.29, 1.82) is 0 Å². The first-order chi connectivity index (χ1) is 20.5. The second-order valence-electron chi connectivity index (χ2n) is 10.9. The minimum atomic E-state index is -4.27. The van der Waals surface area contributed by atoms with Gasteiger partial charge in [0, 0.05) is 6.54 Å². The first-order valence-electron chi connectivity index (χ1n) is 13.9. The van der Waals surface area contributed by atoms with Crippen LogP contribution < -0.4 is 9.47 Å². The van der Waals surface area contributed by atoms with Crippen LogP contribution in [0.5, 0.6) is 11.5 Å². The van der Waals surface area contributed by atoms with Crippen molar-refractivity contribution in [3.8, 4) is 11.5 Å². The Balaban J connectivity index is 0.000000339. The Hall–Kier alpha value is -3.97. The standard InChI is InChI=1S/C14H22NO3.C11H15NO3.C7H8O3S/c1-5-17-14(16)12-6-8-13(9-7-12)18-11-10-15(2,3)4;1-12(2)7-8-15-10-5-3-9(4-6-10)11(13)14;1-6-2-4-7(5-3-6)11(8,9)10/h6-9H,5,10-11H2,1-4H3;3-6H,7-8H2,1-2H3,(H,13,14);2-5H,1H3,(H,8,9,10)/q+1;;/p-1. The summed E-state index contributed by atoms with van der Waals surface area (Å²) in [6.07, 6.45) is 0. The van der Waals surface area contributed by atoms with Crippen LogP contribution >= 0.6 is 0 Å². The fourth-order valence-electron chi connectivity index (χ4n) is 3.08. The van der Waals surface area contributed by atoms with E-state index in [-0.39, 0.29) is 16.4 Å². The molecule has 3 aromatic rings. The summed E-state index contributed by atoms with van der Waals surface area (Å²) in [6, 6.07) is 19.2. The highest BCUT2D eigenvalue weighted by Gasteiger charge is 2.08. The fraction of sp³-hybridized carbons (Fsp3) is 0.375. The number of hydrogen-bond donors (Lipinski definition) is 1. The Kier molecular flexibility index (Phi) is 16.1. The van der Waals surface area contributed by atoms with Crippen LogP contribution in [0.3, 0.4) is 0 Å². The number of ether oxygens (including phenoxy) is 3. The van der Waals surface area contributed by atoms with Crippen molar-refractivity contribution >= 4 is 22.1 Å². The first-order valence-corrected chi connectivity index (χ1v) is 15.3. The van der Waals surface area contributed by atoms with E-state index in [1.165, 1.54) is 24.3 Å². The molecule has 0 unspecified atom stereocenters. The zero-order chi connectivity index (χ0) is 33.3. The molecule has 12 heteroatoms. The lowest BCUT2D eigenvalue weighted by atomic mass is 10.2. The summed E-state index contributed by atoms with van der Waals surface area (Å²) in [5, 5.41) is 8.68. The molecule has 0 atom stereocenters. The second-order valence-corrected chi connectivity index (χ2v) is 12.2. The van der Waals surface area contributed by atoms with Crippen molar-refractivity contribution in [3.05, 3.63) is 89.5 Å². The maximum Gasteiger partial charge on any atom is 0.338 e. The van der Waals surface area contributed by atoms with Crippen LogP contribution in [0, 0.1) is 6.92 Å². The molecular formula is C32H44N2O9S. The SMILES string of the molecule is CCOC(=O)c1ccc(OCC[N+](C)(C)C)cc1.CN(C)CCOc1ccc(C(=O)O)cc1.Cc1ccc(S(=O)(=O)[O-])cc1. The van der Waals surface area contributed by atoms with Gasteiger partial charge in [-0.1, -0.05) is 17.7 Å². The van der Waals surface area contributed by atoms with Gasteiger partial charge in [0.1, 0.15) is 41.4 Å². The molecule has 1 N–H and O–H groups in total. The number of esters is 1. The maximum atomic E-state index is 11.4. The quantitative estimate of drug-likeness (QED) is 0.176. The summed E-state index contributed by atoms with van der Waals surface area (Å²) in [4.78, 5) is 23.8. The van der Waals surface area contributed by atoms with E-state index in [1.807, 2.05) is 25.9 Å². The Labute approximate surface area is 260 Å². The van der Waals surface area contributed by atoms with Gasteiger partial charge in [-0.15, -0.1) is 0 Å². The van der Waals surface area contributed by atoms with E-state index in [1.54, 1.807) is 55.5 Å². The van der Waals surface area contributed by atoms with Gasteiger partial charge in [0.05, 0.1) is 43.8 Å². The van der Waals surface area contributed by atoms with Gasteiger partial charge >= 0.3 is 11.9 Å². The second kappa shape index (κ2) is 18.6. The zero-order valence-corrected chi connectivity index (χ0v) is 27.3. The van der Waals surface area contributed by atoms with E-state index in [0.717, 1.165) is 28.9 Å². The smallest absolute Gasteiger partial charge is 0.338 e. The molecule has 0 fully saturated rings. The number of aromatic carboxylic acids is 1. The van der Waals surface area contributed by atoms with Crippen molar-refractivity contribution in [3.63, 3.8) is 0 Å². The summed E-state index contributed by atoms with van der Waals surface area (Å²) < 4.78 is 48.0. The largest absolute Gasteiger partial charge is 0.744 e. The van der Waals surface area contributed by atoms with E-state index < -0.39 is 16.1 Å². The predicted octanol–water partition coefficient (Wildman–Crippen LogP) is 4.17. The summed E-state index contributed by atoms with van der Waals surface area (Å²) in [7, 11) is 6.02. The van der Waals surface area contributed by atoms with Crippen molar-refractivity contribution in [2.24, 2.45) is 0 Å². The number of carbonyl (C=O) groups excluding carboxylic acids is 1. The first kappa shape index (κ1) is 38.1. The molecule has 11 nitrogen and oxygen atoms in total. The topological polar surface area (TPSA) is 142 Å². The summed E-state index contributed by atoms with van der Waals surface area (Å²) >= 11 is 0. The molecule has 0 saturated carbocycles. The van der Waals surface area contributed by atoms with Gasteiger partial charge in [0.2, 0.25) is 0 Å². The highest BCUT2D eigenvalue weighted by Crippen LogP contribution is 2.14. The lowest BCUT2D eigenvalue weighted by molar-refractivity contribution is -0.870. The molecule has 0 aliphatic carbocycles. The molecule has 0 bridgehead atoms. The number of nitrogens with zero attached hydrogens (tertiary/aromatic N) is 2. The van der Waals surface area contributed by atoms with Gasteiger partial charge in [0.25, 0.3) is 0 Å². The lowest BCUT2D eigenvalue weighted by Crippen LogP contribution is -2.38. The third kappa shape index (κ3) is 16.6. The van der Waals surface area contributed by atoms with Crippen molar-refractivity contribution in [2.45, 2.75) is 18.7 Å². The highest BCUT2D eigenvalue weighted by molar-refractivity contribution is 7.85. The molecule has 0 radical (unpaired) electrons. The molecule has 0 aliphatic heterocycles. The molecule has 3 aromatic carbocycles. The van der Waals surface area contributed by atoms with Gasteiger partial charge in [-0.25, -0.2) is 18.0 Å². The average molecular weight is 633 g/mol. The summed E-state index contributed by atoms with van der Waals surface area (Å²) in [6.45, 7) is 7.02. The third-order valence-electron chi connectivity index (χ3n) is 5.61. The van der Waals surface area contributed by atoms with Gasteiger partial charge in [-0.05, 0) is 88.6 Å². The van der Waals surface area contributed by atoms with Crippen LogP contribution in [0.25, 0.3) is 0 Å². The van der Waals surface area contributed by atoms with E-state index in [4.69, 9.17) is 19.3 Å². The number of carboxylic acids is 1. The van der Waals surface area contributed by atoms with Crippen LogP contribution in [0.15, 0.2) is 77.7 Å². The molecule has 0 aromatic heterocycles. The van der Waals surface area contributed by atoms with Crippen LogP contribution in [-0.4, -0.2) is 108 Å². The minimum absolute atomic E-state index is 0.178. The molecule has 0 heterocycles. The number of benzene rings is 3. The number of rotatable bonds is 12. The number of likely N-dealkylation sites (N-methyl/N-ethyl adjacent to an activating group) is 2. The Bertz CT molecular complexity index is 1380. The fourth-order valence-corrected chi connectivity index (χ4v) is 3.55. The zero-order valence-electron chi connectivity index (χ0n) is 26.5. The molecule has 242 valence electrons. The van der Waals surface area contributed by atoms with Crippen molar-refractivity contribution in [1.82, 2.24) is 4.90 Å². The van der Waals surface area contributed by atoms with Crippen LogP contribution in [0.2, 0.25) is 0 Å². The third-order valence-corrected chi connectivity index (χ3v) is 6.46. The lowest BCUT2D eigenvalue weighted by Gasteiger charge is -2.23. The van der Waals surface area contributed by atoms with E-state index in [2.05, 4.69) is 21.1 Å². The highest BCUT2D eigenvalue weighted by atomic mass is 32.2. The molecule has 0 spiro atoms. The number of quaternary nitrogens is 1. The number of hydrogen-bond acceptors (Lipinski definition) is 9. The van der Waals surface area contributed by atoms with E-state index >= 15 is 0 Å². The van der Waals surface area contributed by atoms with Gasteiger partial charge in [0.15, 0.2) is 0 Å². The van der Waals surface area contributed by atoms with Crippen molar-refractivity contribution in [2.75, 3.05) is 68.1 Å². The average Bonchev–Trinajstić information content (AvgIpc) is 2.93. The summed E-state index contributed by atoms with van der Waals surface area (Å²) in [5.74, 6) is 0.253. The minimum Gasteiger partial charge on any atom is -0.744 e. The van der Waals surface area contributed by atoms with Crippen LogP contribution in [-0.2, 0) is 14.9 Å². The monoisotopic (exact) mass is 632 g/mol. The van der Waals surface area contributed by atoms with E-state index in [9.17, 15) is 22.6 Å². The molecule has 44 heavy (non-hydrogen) atoms. The normalized spacial score (nSPS) is 10.9. The van der Waals surface area contributed by atoms with E-state index in [0.29, 0.717) is 31.1 Å². The number of carboxylic acid groups (broad SMARTS) is 1. The Morgan fingerprint density at radius 3 is 1.70 bits per heavy atom. The Morgan fingerprint density at radius 2 is 1.30 bits per heavy atom. The molecule has 0 amide bonds. The summed E-state index contributed by atoms with van der Waals surface area (Å²) in [5.41, 5.74) is 1.75. The van der Waals surface area contributed by atoms with Gasteiger partial charge in [-0.2, -0.15) is 0 Å². The number of carbonyl (C=O) groups is 2. The molecular weight excluding hydrogens is 588 g/mol. The molecule has 0 aliphatic rings. The van der Waals surface area contributed by atoms with Gasteiger partial charge < -0.3 is 33.3 Å². The van der Waals surface area contributed by atoms with Crippen LogP contribution in [0.4, 0.5) is 0 Å². The van der Waals surface area contributed by atoms with Gasteiger partial charge in [-0.3, -0.25) is 0 Å². The van der Waals surface area contributed by atoms with Crippen molar-refractivity contribution < 1.29 is 46.4 Å². The predicted molar refractivity (Wildman–Crippen MR) is 167 cm³/mol. The molecule has 3 rings (SSSR count).